The molecule has 0 aromatic heterocycles. The first-order valence-corrected chi connectivity index (χ1v) is 7.33. The smallest absolute Gasteiger partial charge is 0.306 e. The summed E-state index contributed by atoms with van der Waals surface area (Å²) in [5, 5.41) is 1.17. The van der Waals surface area contributed by atoms with E-state index in [1.807, 2.05) is 44.2 Å². The van der Waals surface area contributed by atoms with Gasteiger partial charge in [-0.1, -0.05) is 30.3 Å². The molecule has 0 N–H and O–H groups in total. The van der Waals surface area contributed by atoms with Gasteiger partial charge in [0.25, 0.3) is 0 Å². The topological polar surface area (TPSA) is 35.5 Å². The minimum Gasteiger partial charge on any atom is -0.466 e. The van der Waals surface area contributed by atoms with Crippen LogP contribution < -0.4 is 5.30 Å². The minimum atomic E-state index is -0.700. The summed E-state index contributed by atoms with van der Waals surface area (Å²) < 4.78 is 10.6. The second kappa shape index (κ2) is 8.21. The van der Waals surface area contributed by atoms with Crippen molar-refractivity contribution in [3.05, 3.63) is 30.3 Å². The van der Waals surface area contributed by atoms with Gasteiger partial charge in [0.1, 0.15) is 0 Å². The molecule has 94 valence electrons. The standard InChI is InChI=1S/C13H19O3P/c1-3-15-13(14)10-11-17(16-4-2)12-8-6-5-7-9-12/h5-9H,3-4,10-11H2,1-2H3. The van der Waals surface area contributed by atoms with Gasteiger partial charge in [0.05, 0.1) is 21.2 Å². The molecule has 1 unspecified atom stereocenters. The molecule has 17 heavy (non-hydrogen) atoms. The van der Waals surface area contributed by atoms with Gasteiger partial charge in [-0.2, -0.15) is 0 Å². The van der Waals surface area contributed by atoms with E-state index in [9.17, 15) is 4.79 Å². The van der Waals surface area contributed by atoms with Gasteiger partial charge in [-0.3, -0.25) is 4.79 Å². The highest BCUT2D eigenvalue weighted by atomic mass is 31.1. The van der Waals surface area contributed by atoms with E-state index in [0.29, 0.717) is 19.6 Å². The lowest BCUT2D eigenvalue weighted by atomic mass is 10.4. The Balaban J connectivity index is 2.52. The van der Waals surface area contributed by atoms with Crippen LogP contribution in [0, 0.1) is 0 Å². The van der Waals surface area contributed by atoms with E-state index in [4.69, 9.17) is 9.26 Å². The van der Waals surface area contributed by atoms with E-state index in [1.165, 1.54) is 5.30 Å². The van der Waals surface area contributed by atoms with Gasteiger partial charge in [0.15, 0.2) is 0 Å². The van der Waals surface area contributed by atoms with Crippen molar-refractivity contribution in [1.82, 2.24) is 0 Å². The molecule has 0 radical (unpaired) electrons. The van der Waals surface area contributed by atoms with Crippen LogP contribution in [0.5, 0.6) is 0 Å². The molecule has 1 aromatic rings. The second-order valence-corrected chi connectivity index (χ2v) is 5.39. The van der Waals surface area contributed by atoms with Crippen molar-refractivity contribution in [1.29, 1.82) is 0 Å². The van der Waals surface area contributed by atoms with E-state index in [-0.39, 0.29) is 5.97 Å². The molecule has 4 heteroatoms. The Labute approximate surface area is 104 Å². The Kier molecular flexibility index (Phi) is 6.83. The molecule has 0 bridgehead atoms. The predicted molar refractivity (Wildman–Crippen MR) is 70.7 cm³/mol. The third-order valence-corrected chi connectivity index (χ3v) is 4.23. The number of esters is 1. The van der Waals surface area contributed by atoms with Gasteiger partial charge in [0, 0.05) is 18.1 Å². The largest absolute Gasteiger partial charge is 0.466 e. The van der Waals surface area contributed by atoms with Crippen molar-refractivity contribution in [2.45, 2.75) is 20.3 Å². The van der Waals surface area contributed by atoms with Crippen molar-refractivity contribution in [3.63, 3.8) is 0 Å². The lowest BCUT2D eigenvalue weighted by Crippen LogP contribution is -2.11. The molecule has 1 aromatic carbocycles. The number of ether oxygens (including phenoxy) is 1. The first-order chi connectivity index (χ1) is 8.27. The summed E-state index contributed by atoms with van der Waals surface area (Å²) in [7, 11) is -0.700. The van der Waals surface area contributed by atoms with E-state index in [1.54, 1.807) is 0 Å². The fourth-order valence-electron chi connectivity index (χ4n) is 1.44. The Hall–Kier alpha value is -0.920. The van der Waals surface area contributed by atoms with Crippen LogP contribution in [0.4, 0.5) is 0 Å². The third kappa shape index (κ3) is 5.29. The Bertz CT molecular complexity index is 327. The molecule has 0 aliphatic carbocycles. The maximum Gasteiger partial charge on any atom is 0.306 e. The summed E-state index contributed by atoms with van der Waals surface area (Å²) in [6, 6.07) is 10.1. The minimum absolute atomic E-state index is 0.143. The molecule has 0 aliphatic rings. The monoisotopic (exact) mass is 254 g/mol. The van der Waals surface area contributed by atoms with Crippen LogP contribution >= 0.6 is 8.15 Å². The molecular weight excluding hydrogens is 235 g/mol. The van der Waals surface area contributed by atoms with Crippen molar-refractivity contribution in [2.75, 3.05) is 19.4 Å². The quantitative estimate of drug-likeness (QED) is 0.554. The van der Waals surface area contributed by atoms with Gasteiger partial charge >= 0.3 is 5.97 Å². The lowest BCUT2D eigenvalue weighted by molar-refractivity contribution is -0.142. The molecule has 0 amide bonds. The predicted octanol–water partition coefficient (Wildman–Crippen LogP) is 2.70. The van der Waals surface area contributed by atoms with E-state index < -0.39 is 8.15 Å². The first-order valence-electron chi connectivity index (χ1n) is 5.89. The highest BCUT2D eigenvalue weighted by Crippen LogP contribution is 2.36. The van der Waals surface area contributed by atoms with Crippen LogP contribution in [0.1, 0.15) is 20.3 Å². The van der Waals surface area contributed by atoms with Crippen molar-refractivity contribution in [2.24, 2.45) is 0 Å². The van der Waals surface area contributed by atoms with Gasteiger partial charge in [0.2, 0.25) is 0 Å². The molecule has 0 saturated carbocycles. The van der Waals surface area contributed by atoms with Crippen molar-refractivity contribution >= 4 is 19.4 Å². The van der Waals surface area contributed by atoms with Crippen molar-refractivity contribution < 1.29 is 14.1 Å². The van der Waals surface area contributed by atoms with Crippen LogP contribution in [0.25, 0.3) is 0 Å². The zero-order valence-electron chi connectivity index (χ0n) is 10.4. The van der Waals surface area contributed by atoms with Gasteiger partial charge in [-0.25, -0.2) is 0 Å². The summed E-state index contributed by atoms with van der Waals surface area (Å²) in [5.74, 6) is -0.143. The zero-order chi connectivity index (χ0) is 12.5. The van der Waals surface area contributed by atoms with Gasteiger partial charge in [-0.15, -0.1) is 0 Å². The summed E-state index contributed by atoms with van der Waals surface area (Å²) in [6.45, 7) is 4.91. The Morgan fingerprint density at radius 1 is 1.18 bits per heavy atom. The third-order valence-electron chi connectivity index (χ3n) is 2.15. The first kappa shape index (κ1) is 14.1. The van der Waals surface area contributed by atoms with Gasteiger partial charge < -0.3 is 9.26 Å². The fraction of sp³-hybridized carbons (Fsp3) is 0.462. The van der Waals surface area contributed by atoms with Crippen LogP contribution in [0.3, 0.4) is 0 Å². The van der Waals surface area contributed by atoms with Crippen LogP contribution in [0.2, 0.25) is 0 Å². The van der Waals surface area contributed by atoms with Crippen molar-refractivity contribution in [3.8, 4) is 0 Å². The number of rotatable bonds is 7. The number of hydrogen-bond acceptors (Lipinski definition) is 3. The maximum absolute atomic E-state index is 11.3. The van der Waals surface area contributed by atoms with E-state index >= 15 is 0 Å². The molecule has 0 spiro atoms. The summed E-state index contributed by atoms with van der Waals surface area (Å²) in [6.07, 6.45) is 1.15. The van der Waals surface area contributed by atoms with E-state index in [2.05, 4.69) is 0 Å². The van der Waals surface area contributed by atoms with Crippen LogP contribution in [0.15, 0.2) is 30.3 Å². The van der Waals surface area contributed by atoms with Gasteiger partial charge in [-0.05, 0) is 13.8 Å². The lowest BCUT2D eigenvalue weighted by Gasteiger charge is -2.16. The maximum atomic E-state index is 11.3. The summed E-state index contributed by atoms with van der Waals surface area (Å²) in [5.41, 5.74) is 0. The van der Waals surface area contributed by atoms with Crippen LogP contribution in [-0.4, -0.2) is 25.3 Å². The second-order valence-electron chi connectivity index (χ2n) is 3.41. The number of carbonyl (C=O) groups excluding carboxylic acids is 1. The summed E-state index contributed by atoms with van der Waals surface area (Å²) in [4.78, 5) is 11.3. The summed E-state index contributed by atoms with van der Waals surface area (Å²) >= 11 is 0. The Morgan fingerprint density at radius 3 is 2.47 bits per heavy atom. The zero-order valence-corrected chi connectivity index (χ0v) is 11.3. The molecule has 0 saturated heterocycles. The molecule has 0 fully saturated rings. The molecule has 0 aliphatic heterocycles. The number of carbonyl (C=O) groups is 1. The SMILES string of the molecule is CCOC(=O)CCP(OCC)c1ccccc1. The average molecular weight is 254 g/mol. The molecule has 1 rings (SSSR count). The molecule has 3 nitrogen and oxygen atoms in total. The fourth-order valence-corrected chi connectivity index (χ4v) is 3.18. The highest BCUT2D eigenvalue weighted by molar-refractivity contribution is 7.60. The molecular formula is C13H19O3P. The Morgan fingerprint density at radius 2 is 1.88 bits per heavy atom. The average Bonchev–Trinajstić information content (AvgIpc) is 2.36. The van der Waals surface area contributed by atoms with E-state index in [0.717, 1.165) is 6.16 Å². The molecule has 0 heterocycles. The number of hydrogen-bond donors (Lipinski definition) is 0. The number of benzene rings is 1. The highest BCUT2D eigenvalue weighted by Gasteiger charge is 2.13. The van der Waals surface area contributed by atoms with Crippen LogP contribution in [-0.2, 0) is 14.1 Å². The molecule has 1 atom stereocenters. The normalized spacial score (nSPS) is 12.1.